The summed E-state index contributed by atoms with van der Waals surface area (Å²) in [5, 5.41) is 9.72. The van der Waals surface area contributed by atoms with Gasteiger partial charge in [0.1, 0.15) is 0 Å². The van der Waals surface area contributed by atoms with Crippen molar-refractivity contribution in [2.45, 2.75) is 6.92 Å². The molecule has 0 heterocycles. The molecular weight excluding hydrogens is 116 g/mol. The van der Waals surface area contributed by atoms with Crippen molar-refractivity contribution >= 4 is 6.21 Å². The standard InChI is InChI=1S/C6H12N2O/c1-5(8-2)6(4-7)9-3/h4,7-8H,1-3H3/b6-5+,7-4?. The lowest BCUT2D eigenvalue weighted by Gasteiger charge is -2.03. The van der Waals surface area contributed by atoms with Gasteiger partial charge in [0.2, 0.25) is 0 Å². The van der Waals surface area contributed by atoms with Crippen LogP contribution in [0.1, 0.15) is 6.92 Å². The van der Waals surface area contributed by atoms with Gasteiger partial charge in [-0.25, -0.2) is 0 Å². The van der Waals surface area contributed by atoms with Crippen molar-refractivity contribution in [2.75, 3.05) is 14.2 Å². The minimum absolute atomic E-state index is 0.567. The molecule has 0 spiro atoms. The summed E-state index contributed by atoms with van der Waals surface area (Å²) in [5.41, 5.74) is 0.868. The Balaban J connectivity index is 4.18. The molecule has 0 saturated heterocycles. The first kappa shape index (κ1) is 8.01. The zero-order valence-electron chi connectivity index (χ0n) is 5.99. The molecule has 0 radical (unpaired) electrons. The van der Waals surface area contributed by atoms with Gasteiger partial charge in [0.25, 0.3) is 0 Å². The van der Waals surface area contributed by atoms with Gasteiger partial charge in [-0.1, -0.05) is 0 Å². The fourth-order valence-electron chi connectivity index (χ4n) is 0.443. The number of allylic oxidation sites excluding steroid dienone is 2. The van der Waals surface area contributed by atoms with Gasteiger partial charge in [-0.05, 0) is 6.92 Å². The lowest BCUT2D eigenvalue weighted by Crippen LogP contribution is -2.07. The molecule has 0 aliphatic carbocycles. The third kappa shape index (κ3) is 2.17. The third-order valence-electron chi connectivity index (χ3n) is 1.10. The fraction of sp³-hybridized carbons (Fsp3) is 0.500. The predicted octanol–water partition coefficient (Wildman–Crippen LogP) is 0.733. The highest BCUT2D eigenvalue weighted by atomic mass is 16.5. The van der Waals surface area contributed by atoms with E-state index in [1.165, 1.54) is 6.21 Å². The Bertz CT molecular complexity index is 129. The summed E-state index contributed by atoms with van der Waals surface area (Å²) in [6.07, 6.45) is 1.17. The monoisotopic (exact) mass is 128 g/mol. The maximum Gasteiger partial charge on any atom is 0.154 e. The second-order valence-electron chi connectivity index (χ2n) is 1.59. The fourth-order valence-corrected chi connectivity index (χ4v) is 0.443. The molecule has 0 aromatic carbocycles. The van der Waals surface area contributed by atoms with Crippen LogP contribution in [0.2, 0.25) is 0 Å². The van der Waals surface area contributed by atoms with Crippen molar-refractivity contribution in [3.8, 4) is 0 Å². The molecule has 0 aromatic rings. The van der Waals surface area contributed by atoms with Gasteiger partial charge in [0, 0.05) is 7.05 Å². The maximum atomic E-state index is 6.85. The molecule has 0 unspecified atom stereocenters. The molecule has 0 aliphatic heterocycles. The molecule has 52 valence electrons. The van der Waals surface area contributed by atoms with Gasteiger partial charge in [0.15, 0.2) is 5.76 Å². The Labute approximate surface area is 55.2 Å². The molecule has 3 heteroatoms. The zero-order valence-corrected chi connectivity index (χ0v) is 5.99. The Kier molecular flexibility index (Phi) is 3.51. The lowest BCUT2D eigenvalue weighted by atomic mass is 10.4. The van der Waals surface area contributed by atoms with E-state index in [1.54, 1.807) is 14.2 Å². The first-order valence-corrected chi connectivity index (χ1v) is 2.69. The second kappa shape index (κ2) is 3.95. The molecule has 0 aliphatic rings. The van der Waals surface area contributed by atoms with Crippen molar-refractivity contribution in [1.29, 1.82) is 5.41 Å². The van der Waals surface area contributed by atoms with E-state index in [1.807, 2.05) is 6.92 Å². The Hall–Kier alpha value is -0.990. The molecular formula is C6H12N2O. The van der Waals surface area contributed by atoms with Gasteiger partial charge in [-0.2, -0.15) is 0 Å². The number of hydrogen-bond donors (Lipinski definition) is 2. The highest BCUT2D eigenvalue weighted by Gasteiger charge is 1.93. The summed E-state index contributed by atoms with van der Waals surface area (Å²) in [5.74, 6) is 0.567. The van der Waals surface area contributed by atoms with Crippen molar-refractivity contribution < 1.29 is 4.74 Å². The molecule has 0 atom stereocenters. The highest BCUT2D eigenvalue weighted by molar-refractivity contribution is 5.73. The van der Waals surface area contributed by atoms with Gasteiger partial charge in [-0.3, -0.25) is 0 Å². The van der Waals surface area contributed by atoms with E-state index in [0.29, 0.717) is 5.76 Å². The maximum absolute atomic E-state index is 6.85. The van der Waals surface area contributed by atoms with Gasteiger partial charge >= 0.3 is 0 Å². The topological polar surface area (TPSA) is 45.1 Å². The lowest BCUT2D eigenvalue weighted by molar-refractivity contribution is 0.310. The van der Waals surface area contributed by atoms with Gasteiger partial charge in [0.05, 0.1) is 19.0 Å². The minimum atomic E-state index is 0.567. The molecule has 2 N–H and O–H groups in total. The molecule has 0 saturated carbocycles. The molecule has 0 amide bonds. The van der Waals surface area contributed by atoms with E-state index in [2.05, 4.69) is 5.32 Å². The van der Waals surface area contributed by atoms with Crippen LogP contribution in [-0.4, -0.2) is 20.4 Å². The summed E-state index contributed by atoms with van der Waals surface area (Å²) in [6.45, 7) is 1.85. The van der Waals surface area contributed by atoms with E-state index >= 15 is 0 Å². The second-order valence-corrected chi connectivity index (χ2v) is 1.59. The largest absolute Gasteiger partial charge is 0.493 e. The average molecular weight is 128 g/mol. The van der Waals surface area contributed by atoms with Crippen molar-refractivity contribution in [3.63, 3.8) is 0 Å². The van der Waals surface area contributed by atoms with Crippen LogP contribution < -0.4 is 5.32 Å². The number of nitrogens with one attached hydrogen (secondary N) is 2. The number of rotatable bonds is 3. The van der Waals surface area contributed by atoms with E-state index < -0.39 is 0 Å². The van der Waals surface area contributed by atoms with Crippen molar-refractivity contribution in [2.24, 2.45) is 0 Å². The van der Waals surface area contributed by atoms with Crippen LogP contribution in [0.15, 0.2) is 11.5 Å². The summed E-state index contributed by atoms with van der Waals surface area (Å²) in [7, 11) is 3.33. The SMILES string of the molecule is CN/C(C)=C(\C=N)OC. The first-order chi connectivity index (χ1) is 4.26. The first-order valence-electron chi connectivity index (χ1n) is 2.69. The van der Waals surface area contributed by atoms with E-state index in [0.717, 1.165) is 5.70 Å². The molecule has 0 aromatic heterocycles. The Morgan fingerprint density at radius 1 is 1.67 bits per heavy atom. The zero-order chi connectivity index (χ0) is 7.28. The Morgan fingerprint density at radius 3 is 2.33 bits per heavy atom. The molecule has 0 bridgehead atoms. The molecule has 0 rings (SSSR count). The van der Waals surface area contributed by atoms with E-state index in [9.17, 15) is 0 Å². The van der Waals surface area contributed by atoms with Crippen LogP contribution in [-0.2, 0) is 4.74 Å². The van der Waals surface area contributed by atoms with E-state index in [-0.39, 0.29) is 0 Å². The van der Waals surface area contributed by atoms with Gasteiger partial charge < -0.3 is 15.5 Å². The summed E-state index contributed by atoms with van der Waals surface area (Å²) >= 11 is 0. The number of ether oxygens (including phenoxy) is 1. The van der Waals surface area contributed by atoms with Crippen LogP contribution in [0.3, 0.4) is 0 Å². The summed E-state index contributed by atoms with van der Waals surface area (Å²) in [6, 6.07) is 0. The molecule has 0 fully saturated rings. The van der Waals surface area contributed by atoms with Gasteiger partial charge in [-0.15, -0.1) is 0 Å². The van der Waals surface area contributed by atoms with Crippen LogP contribution >= 0.6 is 0 Å². The van der Waals surface area contributed by atoms with Crippen LogP contribution in [0.5, 0.6) is 0 Å². The third-order valence-corrected chi connectivity index (χ3v) is 1.10. The summed E-state index contributed by atoms with van der Waals surface area (Å²) in [4.78, 5) is 0. The van der Waals surface area contributed by atoms with Crippen LogP contribution in [0.4, 0.5) is 0 Å². The van der Waals surface area contributed by atoms with Crippen LogP contribution in [0.25, 0.3) is 0 Å². The predicted molar refractivity (Wildman–Crippen MR) is 37.6 cm³/mol. The quantitative estimate of drug-likeness (QED) is 0.435. The minimum Gasteiger partial charge on any atom is -0.493 e. The number of hydrogen-bond acceptors (Lipinski definition) is 3. The van der Waals surface area contributed by atoms with Crippen molar-refractivity contribution in [3.05, 3.63) is 11.5 Å². The van der Waals surface area contributed by atoms with Crippen molar-refractivity contribution in [1.82, 2.24) is 5.32 Å². The Morgan fingerprint density at radius 2 is 2.22 bits per heavy atom. The normalized spacial score (nSPS) is 11.9. The molecule has 3 nitrogen and oxygen atoms in total. The highest BCUT2D eigenvalue weighted by Crippen LogP contribution is 1.95. The van der Waals surface area contributed by atoms with E-state index in [4.69, 9.17) is 10.1 Å². The van der Waals surface area contributed by atoms with Crippen LogP contribution in [0, 0.1) is 5.41 Å². The summed E-state index contributed by atoms with van der Waals surface area (Å²) < 4.78 is 4.83. The average Bonchev–Trinajstić information content (AvgIpc) is 1.90. The molecule has 9 heavy (non-hydrogen) atoms. The smallest absolute Gasteiger partial charge is 0.154 e. The number of methoxy groups -OCH3 is 1.